The van der Waals surface area contributed by atoms with Gasteiger partial charge in [-0.25, -0.2) is 19.0 Å². The number of rotatable bonds is 4. The summed E-state index contributed by atoms with van der Waals surface area (Å²) in [5.41, 5.74) is 3.11. The molecule has 0 radical (unpaired) electrons. The molecule has 0 aliphatic carbocycles. The van der Waals surface area contributed by atoms with Crippen LogP contribution in [0.1, 0.15) is 47.3 Å². The summed E-state index contributed by atoms with van der Waals surface area (Å²) in [6, 6.07) is 8.13. The van der Waals surface area contributed by atoms with Crippen LogP contribution in [-0.4, -0.2) is 56.7 Å². The Kier molecular flexibility index (Phi) is 5.71. The molecule has 2 aromatic heterocycles. The van der Waals surface area contributed by atoms with Crippen LogP contribution in [-0.2, 0) is 0 Å². The number of carbonyl (C=O) groups excluding carboxylic acids is 1. The highest BCUT2D eigenvalue weighted by molar-refractivity contribution is 5.95. The minimum Gasteiger partial charge on any atom is -0.353 e. The van der Waals surface area contributed by atoms with Crippen molar-refractivity contribution in [2.75, 3.05) is 31.1 Å². The van der Waals surface area contributed by atoms with E-state index in [4.69, 9.17) is 0 Å². The fraction of sp³-hybridized carbons (Fsp3) is 0.391. The monoisotopic (exact) mass is 422 g/mol. The van der Waals surface area contributed by atoms with E-state index >= 15 is 0 Å². The zero-order valence-corrected chi connectivity index (χ0v) is 18.3. The first kappa shape index (κ1) is 21.0. The lowest BCUT2D eigenvalue weighted by Crippen LogP contribution is -2.49. The summed E-state index contributed by atoms with van der Waals surface area (Å²) in [7, 11) is 0. The summed E-state index contributed by atoms with van der Waals surface area (Å²) in [5, 5.41) is 4.45. The van der Waals surface area contributed by atoms with E-state index in [0.717, 1.165) is 28.7 Å². The molecule has 0 N–H and O–H groups in total. The Morgan fingerprint density at radius 3 is 2.32 bits per heavy atom. The third kappa shape index (κ3) is 4.28. The van der Waals surface area contributed by atoms with Gasteiger partial charge in [-0.1, -0.05) is 13.8 Å². The quantitative estimate of drug-likeness (QED) is 0.644. The molecular formula is C23H27FN6O. The summed E-state index contributed by atoms with van der Waals surface area (Å²) in [4.78, 5) is 26.3. The number of nitrogens with zero attached hydrogens (tertiary/aromatic N) is 6. The van der Waals surface area contributed by atoms with Crippen LogP contribution in [0.15, 0.2) is 36.5 Å². The lowest BCUT2D eigenvalue weighted by atomic mass is 10.0. The molecule has 1 aliphatic heterocycles. The van der Waals surface area contributed by atoms with E-state index < -0.39 is 0 Å². The fourth-order valence-electron chi connectivity index (χ4n) is 4.03. The first-order chi connectivity index (χ1) is 14.8. The van der Waals surface area contributed by atoms with Crippen LogP contribution in [0, 0.1) is 19.7 Å². The maximum atomic E-state index is 13.3. The van der Waals surface area contributed by atoms with E-state index in [1.165, 1.54) is 12.1 Å². The second-order valence-electron chi connectivity index (χ2n) is 8.18. The van der Waals surface area contributed by atoms with Crippen molar-refractivity contribution >= 4 is 11.7 Å². The number of hydrogen-bond donors (Lipinski definition) is 0. The molecule has 3 heterocycles. The molecule has 8 heteroatoms. The van der Waals surface area contributed by atoms with Crippen molar-refractivity contribution in [1.82, 2.24) is 24.6 Å². The Labute approximate surface area is 181 Å². The molecule has 31 heavy (non-hydrogen) atoms. The Bertz CT molecular complexity index is 1060. The number of piperazine rings is 1. The van der Waals surface area contributed by atoms with Gasteiger partial charge >= 0.3 is 0 Å². The van der Waals surface area contributed by atoms with Gasteiger partial charge < -0.3 is 9.80 Å². The van der Waals surface area contributed by atoms with Gasteiger partial charge in [-0.15, -0.1) is 0 Å². The van der Waals surface area contributed by atoms with Gasteiger partial charge in [0.2, 0.25) is 0 Å². The van der Waals surface area contributed by atoms with Crippen molar-refractivity contribution in [3.8, 4) is 5.69 Å². The van der Waals surface area contributed by atoms with Gasteiger partial charge in [0.25, 0.3) is 5.91 Å². The third-order valence-corrected chi connectivity index (χ3v) is 5.50. The fourth-order valence-corrected chi connectivity index (χ4v) is 4.03. The number of amides is 1. The topological polar surface area (TPSA) is 67.2 Å². The van der Waals surface area contributed by atoms with Crippen LogP contribution >= 0.6 is 0 Å². The molecule has 1 aliphatic rings. The average Bonchev–Trinajstić information content (AvgIpc) is 3.18. The summed E-state index contributed by atoms with van der Waals surface area (Å²) >= 11 is 0. The predicted molar refractivity (Wildman–Crippen MR) is 117 cm³/mol. The van der Waals surface area contributed by atoms with Crippen LogP contribution in [0.4, 0.5) is 10.2 Å². The van der Waals surface area contributed by atoms with E-state index in [2.05, 4.69) is 20.0 Å². The van der Waals surface area contributed by atoms with Crippen LogP contribution in [0.3, 0.4) is 0 Å². The van der Waals surface area contributed by atoms with Crippen LogP contribution in [0.2, 0.25) is 0 Å². The largest absolute Gasteiger partial charge is 0.353 e. The van der Waals surface area contributed by atoms with E-state index in [1.807, 2.05) is 38.7 Å². The molecule has 3 aromatic rings. The Hall–Kier alpha value is -3.29. The second-order valence-corrected chi connectivity index (χ2v) is 8.18. The molecule has 1 aromatic carbocycles. The highest BCUT2D eigenvalue weighted by Crippen LogP contribution is 2.25. The smallest absolute Gasteiger partial charge is 0.257 e. The molecule has 0 spiro atoms. The zero-order chi connectivity index (χ0) is 22.1. The van der Waals surface area contributed by atoms with Crippen LogP contribution in [0.5, 0.6) is 0 Å². The predicted octanol–water partition coefficient (Wildman–Crippen LogP) is 3.50. The number of anilines is 1. The zero-order valence-electron chi connectivity index (χ0n) is 18.3. The summed E-state index contributed by atoms with van der Waals surface area (Å²) in [5.74, 6) is 1.42. The molecule has 1 fully saturated rings. The summed E-state index contributed by atoms with van der Waals surface area (Å²) in [6.07, 6.45) is 1.63. The van der Waals surface area contributed by atoms with Gasteiger partial charge in [-0.2, -0.15) is 5.10 Å². The summed E-state index contributed by atoms with van der Waals surface area (Å²) < 4.78 is 15.1. The Morgan fingerprint density at radius 1 is 1.03 bits per heavy atom. The lowest BCUT2D eigenvalue weighted by Gasteiger charge is -2.35. The van der Waals surface area contributed by atoms with Crippen LogP contribution < -0.4 is 4.90 Å². The molecule has 7 nitrogen and oxygen atoms in total. The van der Waals surface area contributed by atoms with E-state index in [9.17, 15) is 9.18 Å². The first-order valence-electron chi connectivity index (χ1n) is 10.5. The van der Waals surface area contributed by atoms with Crippen LogP contribution in [0.25, 0.3) is 5.69 Å². The molecule has 0 atom stereocenters. The molecule has 0 bridgehead atoms. The van der Waals surface area contributed by atoms with Crippen molar-refractivity contribution in [3.05, 3.63) is 65.1 Å². The van der Waals surface area contributed by atoms with E-state index in [-0.39, 0.29) is 17.6 Å². The maximum Gasteiger partial charge on any atom is 0.257 e. The van der Waals surface area contributed by atoms with E-state index in [1.54, 1.807) is 23.0 Å². The number of aryl methyl sites for hydroxylation is 2. The highest BCUT2D eigenvalue weighted by Gasteiger charge is 2.28. The minimum absolute atomic E-state index is 0.0215. The molecule has 4 rings (SSSR count). The van der Waals surface area contributed by atoms with Crippen molar-refractivity contribution in [2.24, 2.45) is 0 Å². The Morgan fingerprint density at radius 2 is 1.71 bits per heavy atom. The molecule has 1 amide bonds. The average molecular weight is 423 g/mol. The van der Waals surface area contributed by atoms with Gasteiger partial charge in [0.1, 0.15) is 17.5 Å². The number of aromatic nitrogens is 4. The van der Waals surface area contributed by atoms with Gasteiger partial charge in [0.15, 0.2) is 0 Å². The second kappa shape index (κ2) is 8.45. The van der Waals surface area contributed by atoms with Gasteiger partial charge in [0, 0.05) is 37.9 Å². The van der Waals surface area contributed by atoms with Gasteiger partial charge in [0.05, 0.1) is 23.1 Å². The Balaban J connectivity index is 1.53. The van der Waals surface area contributed by atoms with Gasteiger partial charge in [-0.3, -0.25) is 4.79 Å². The maximum absolute atomic E-state index is 13.3. The molecule has 162 valence electrons. The molecule has 0 saturated carbocycles. The van der Waals surface area contributed by atoms with Crippen molar-refractivity contribution in [2.45, 2.75) is 33.6 Å². The van der Waals surface area contributed by atoms with Crippen molar-refractivity contribution in [3.63, 3.8) is 0 Å². The van der Waals surface area contributed by atoms with Crippen molar-refractivity contribution in [1.29, 1.82) is 0 Å². The van der Waals surface area contributed by atoms with Crippen molar-refractivity contribution < 1.29 is 9.18 Å². The lowest BCUT2D eigenvalue weighted by molar-refractivity contribution is 0.0745. The van der Waals surface area contributed by atoms with E-state index in [0.29, 0.717) is 31.7 Å². The number of benzene rings is 1. The SMILES string of the molecule is Cc1cc(N2CCN(C(=O)c3cnn(-c4ccc(F)cc4)c3C(C)C)CC2)nc(C)n1. The molecular weight excluding hydrogens is 395 g/mol. The third-order valence-electron chi connectivity index (χ3n) is 5.50. The number of carbonyl (C=O) groups is 1. The standard InChI is InChI=1S/C23H27FN6O/c1-15(2)22-20(14-25-30(22)19-7-5-18(24)6-8-19)23(31)29-11-9-28(10-12-29)21-13-16(3)26-17(4)27-21/h5-8,13-15H,9-12H2,1-4H3. The first-order valence-corrected chi connectivity index (χ1v) is 10.5. The van der Waals surface area contributed by atoms with Gasteiger partial charge in [-0.05, 0) is 44.0 Å². The number of halogens is 1. The number of hydrogen-bond acceptors (Lipinski definition) is 5. The molecule has 1 saturated heterocycles. The minimum atomic E-state index is -0.301. The summed E-state index contributed by atoms with van der Waals surface area (Å²) in [6.45, 7) is 10.6. The normalized spacial score (nSPS) is 14.4. The molecule has 0 unspecified atom stereocenters. The highest BCUT2D eigenvalue weighted by atomic mass is 19.1.